The fourth-order valence-electron chi connectivity index (χ4n) is 3.03. The van der Waals surface area contributed by atoms with Crippen molar-refractivity contribution in [3.05, 3.63) is 57.1 Å². The van der Waals surface area contributed by atoms with E-state index in [1.54, 1.807) is 12.1 Å². The number of alkyl halides is 1. The molecule has 1 aromatic heterocycles. The molecule has 22 heavy (non-hydrogen) atoms. The Morgan fingerprint density at radius 3 is 2.00 bits per heavy atom. The minimum atomic E-state index is -0.685. The normalized spacial score (nSPS) is 21.2. The van der Waals surface area contributed by atoms with Crippen LogP contribution in [-0.4, -0.2) is 25.4 Å². The number of rotatable bonds is 0. The third-order valence-electron chi connectivity index (χ3n) is 4.23. The van der Waals surface area contributed by atoms with Gasteiger partial charge in [0.2, 0.25) is 0 Å². The molecule has 4 rings (SSSR count). The lowest BCUT2D eigenvalue weighted by Gasteiger charge is -2.28. The highest BCUT2D eigenvalue weighted by atomic mass is 79.9. The van der Waals surface area contributed by atoms with E-state index in [2.05, 4.69) is 15.9 Å². The van der Waals surface area contributed by atoms with Crippen LogP contribution >= 0.6 is 15.9 Å². The molecule has 1 N–H and O–H groups in total. The van der Waals surface area contributed by atoms with E-state index in [9.17, 15) is 14.7 Å². The maximum absolute atomic E-state index is 12.7. The van der Waals surface area contributed by atoms with Crippen LogP contribution in [0.1, 0.15) is 0 Å². The molecule has 0 fully saturated rings. The SMILES string of the molecule is O=c1c2cc3ccccc3cc2c(=O)n2n1C[C@@H](O)[C@@H](Br)C2. The molecule has 5 nitrogen and oxygen atoms in total. The van der Waals surface area contributed by atoms with Gasteiger partial charge < -0.3 is 5.11 Å². The van der Waals surface area contributed by atoms with Crippen LogP contribution in [0, 0.1) is 0 Å². The van der Waals surface area contributed by atoms with E-state index in [-0.39, 0.29) is 29.0 Å². The summed E-state index contributed by atoms with van der Waals surface area (Å²) in [7, 11) is 0. The number of hydrogen-bond donors (Lipinski definition) is 1. The predicted molar refractivity (Wildman–Crippen MR) is 88.7 cm³/mol. The van der Waals surface area contributed by atoms with Crippen LogP contribution in [0.4, 0.5) is 0 Å². The molecule has 6 heteroatoms. The first-order valence-electron chi connectivity index (χ1n) is 7.05. The monoisotopic (exact) mass is 360 g/mol. The lowest BCUT2D eigenvalue weighted by atomic mass is 10.1. The zero-order valence-corrected chi connectivity index (χ0v) is 13.2. The zero-order chi connectivity index (χ0) is 15.4. The van der Waals surface area contributed by atoms with Crippen molar-refractivity contribution in [3.8, 4) is 0 Å². The van der Waals surface area contributed by atoms with Crippen molar-refractivity contribution in [2.75, 3.05) is 0 Å². The summed E-state index contributed by atoms with van der Waals surface area (Å²) in [6.07, 6.45) is -0.685. The highest BCUT2D eigenvalue weighted by molar-refractivity contribution is 9.09. The van der Waals surface area contributed by atoms with Crippen molar-refractivity contribution >= 4 is 37.5 Å². The average Bonchev–Trinajstić information content (AvgIpc) is 2.53. The van der Waals surface area contributed by atoms with Crippen molar-refractivity contribution in [3.63, 3.8) is 0 Å². The van der Waals surface area contributed by atoms with Gasteiger partial charge in [0, 0.05) is 0 Å². The summed E-state index contributed by atoms with van der Waals surface area (Å²) >= 11 is 3.36. The first-order valence-corrected chi connectivity index (χ1v) is 7.96. The smallest absolute Gasteiger partial charge is 0.273 e. The van der Waals surface area contributed by atoms with Crippen molar-refractivity contribution in [1.82, 2.24) is 9.36 Å². The van der Waals surface area contributed by atoms with Crippen molar-refractivity contribution in [2.45, 2.75) is 24.0 Å². The lowest BCUT2D eigenvalue weighted by molar-refractivity contribution is 0.104. The minimum Gasteiger partial charge on any atom is -0.390 e. The molecule has 1 aliphatic rings. The van der Waals surface area contributed by atoms with Crippen LogP contribution < -0.4 is 11.1 Å². The molecule has 112 valence electrons. The molecule has 2 atom stereocenters. The number of aliphatic hydroxyl groups excluding tert-OH is 1. The molecular weight excluding hydrogens is 348 g/mol. The summed E-state index contributed by atoms with van der Waals surface area (Å²) in [6, 6.07) is 11.2. The first-order chi connectivity index (χ1) is 10.6. The van der Waals surface area contributed by atoms with Crippen molar-refractivity contribution < 1.29 is 5.11 Å². The standard InChI is InChI=1S/C16H13BrN2O3/c17-13-7-18-15(21)11-5-9-3-1-2-4-10(9)6-12(11)16(22)19(18)8-14(13)20/h1-6,13-14,20H,7-8H2/t13-,14+/m0/s1. The summed E-state index contributed by atoms with van der Waals surface area (Å²) in [4.78, 5) is 25.2. The molecule has 3 aromatic rings. The summed E-state index contributed by atoms with van der Waals surface area (Å²) in [5.41, 5.74) is -0.435. The largest absolute Gasteiger partial charge is 0.390 e. The number of aliphatic hydroxyl groups is 1. The first kappa shape index (κ1) is 13.7. The van der Waals surface area contributed by atoms with E-state index in [0.29, 0.717) is 10.8 Å². The number of benzene rings is 2. The number of halogens is 1. The molecule has 0 saturated heterocycles. The van der Waals surface area contributed by atoms with Gasteiger partial charge in [0.25, 0.3) is 11.1 Å². The second-order valence-electron chi connectivity index (χ2n) is 5.60. The third-order valence-corrected chi connectivity index (χ3v) is 5.13. The number of hydrogen-bond acceptors (Lipinski definition) is 3. The van der Waals surface area contributed by atoms with Gasteiger partial charge in [0.05, 0.1) is 34.8 Å². The Morgan fingerprint density at radius 2 is 1.45 bits per heavy atom. The Bertz CT molecular complexity index is 939. The number of nitrogens with zero attached hydrogens (tertiary/aromatic N) is 2. The second kappa shape index (κ2) is 4.79. The maximum atomic E-state index is 12.7. The topological polar surface area (TPSA) is 64.2 Å². The highest BCUT2D eigenvalue weighted by Crippen LogP contribution is 2.20. The van der Waals surface area contributed by atoms with Gasteiger partial charge in [-0.05, 0) is 22.9 Å². The van der Waals surface area contributed by atoms with Gasteiger partial charge in [0.15, 0.2) is 0 Å². The molecule has 2 heterocycles. The molecule has 0 aliphatic carbocycles. The molecule has 0 bridgehead atoms. The van der Waals surface area contributed by atoms with Crippen molar-refractivity contribution in [2.24, 2.45) is 0 Å². The molecule has 2 aromatic carbocycles. The predicted octanol–water partition coefficient (Wildman–Crippen LogP) is 1.45. The van der Waals surface area contributed by atoms with Crippen LogP contribution in [0.2, 0.25) is 0 Å². The Labute approximate surface area is 133 Å². The maximum Gasteiger partial charge on any atom is 0.273 e. The minimum absolute atomic E-state index is 0.118. The van der Waals surface area contributed by atoms with Gasteiger partial charge in [0.1, 0.15) is 0 Å². The van der Waals surface area contributed by atoms with E-state index in [0.717, 1.165) is 10.8 Å². The van der Waals surface area contributed by atoms with Gasteiger partial charge in [-0.15, -0.1) is 0 Å². The van der Waals surface area contributed by atoms with Gasteiger partial charge >= 0.3 is 0 Å². The fraction of sp³-hybridized carbons (Fsp3) is 0.250. The Hall–Kier alpha value is -1.92. The van der Waals surface area contributed by atoms with E-state index < -0.39 is 6.10 Å². The molecular formula is C16H13BrN2O3. The number of aromatic nitrogens is 2. The number of fused-ring (bicyclic) bond motifs is 3. The zero-order valence-electron chi connectivity index (χ0n) is 11.6. The molecule has 0 amide bonds. The van der Waals surface area contributed by atoms with Crippen LogP contribution in [0.25, 0.3) is 21.5 Å². The summed E-state index contributed by atoms with van der Waals surface area (Å²) < 4.78 is 2.77. The molecule has 1 aliphatic heterocycles. The quantitative estimate of drug-likeness (QED) is 0.487. The Balaban J connectivity index is 2.15. The average molecular weight is 361 g/mol. The molecule has 0 saturated carbocycles. The highest BCUT2D eigenvalue weighted by Gasteiger charge is 2.27. The van der Waals surface area contributed by atoms with Crippen LogP contribution in [0.5, 0.6) is 0 Å². The van der Waals surface area contributed by atoms with E-state index >= 15 is 0 Å². The summed E-state index contributed by atoms with van der Waals surface area (Å²) in [6.45, 7) is 0.394. The van der Waals surface area contributed by atoms with Gasteiger partial charge in [-0.25, -0.2) is 9.36 Å². The second-order valence-corrected chi connectivity index (χ2v) is 6.78. The van der Waals surface area contributed by atoms with Gasteiger partial charge in [-0.1, -0.05) is 40.2 Å². The fourth-order valence-corrected chi connectivity index (χ4v) is 3.47. The molecule has 0 radical (unpaired) electrons. The van der Waals surface area contributed by atoms with E-state index in [1.165, 1.54) is 9.36 Å². The van der Waals surface area contributed by atoms with E-state index in [1.807, 2.05) is 24.3 Å². The molecule has 0 spiro atoms. The Kier molecular flexibility index (Phi) is 2.99. The third kappa shape index (κ3) is 1.87. The van der Waals surface area contributed by atoms with Crippen LogP contribution in [0.15, 0.2) is 46.0 Å². The Morgan fingerprint density at radius 1 is 0.955 bits per heavy atom. The summed E-state index contributed by atoms with van der Waals surface area (Å²) in [5.74, 6) is 0. The molecule has 0 unspecified atom stereocenters. The van der Waals surface area contributed by atoms with E-state index in [4.69, 9.17) is 0 Å². The van der Waals surface area contributed by atoms with Gasteiger partial charge in [-0.3, -0.25) is 9.59 Å². The van der Waals surface area contributed by atoms with Crippen LogP contribution in [0.3, 0.4) is 0 Å². The van der Waals surface area contributed by atoms with Crippen molar-refractivity contribution in [1.29, 1.82) is 0 Å². The summed E-state index contributed by atoms with van der Waals surface area (Å²) in [5, 5.41) is 12.6. The van der Waals surface area contributed by atoms with Gasteiger partial charge in [-0.2, -0.15) is 0 Å². The van der Waals surface area contributed by atoms with Crippen LogP contribution in [-0.2, 0) is 13.1 Å². The lowest BCUT2D eigenvalue weighted by Crippen LogP contribution is -2.49.